The molecule has 0 spiro atoms. The molecule has 1 heterocycles. The SMILES string of the molecule is COc1ccc(O[C@H](c2cnn(C)c2)[C@@H](Oc2ccc(OC)cc2)C(COCc2ccccc2)N=[N+]=[N-])cc1. The molecule has 1 unspecified atom stereocenters. The predicted molar refractivity (Wildman–Crippen MR) is 146 cm³/mol. The summed E-state index contributed by atoms with van der Waals surface area (Å²) in [6.45, 7) is 0.451. The predicted octanol–water partition coefficient (Wildman–Crippen LogP) is 5.90. The van der Waals surface area contributed by atoms with Crippen molar-refractivity contribution in [1.29, 1.82) is 0 Å². The van der Waals surface area contributed by atoms with Crippen LogP contribution in [0.15, 0.2) is 96.4 Å². The molecule has 3 aromatic carbocycles. The summed E-state index contributed by atoms with van der Waals surface area (Å²) in [5.74, 6) is 2.52. The van der Waals surface area contributed by atoms with Crippen LogP contribution in [0.5, 0.6) is 23.0 Å². The number of hydrogen-bond donors (Lipinski definition) is 0. The number of hydrogen-bond acceptors (Lipinski definition) is 7. The Hall–Kier alpha value is -4.66. The van der Waals surface area contributed by atoms with Crippen LogP contribution in [0.4, 0.5) is 0 Å². The highest BCUT2D eigenvalue weighted by atomic mass is 16.5. The van der Waals surface area contributed by atoms with E-state index in [0.717, 1.165) is 11.1 Å². The highest BCUT2D eigenvalue weighted by Crippen LogP contribution is 2.32. The van der Waals surface area contributed by atoms with E-state index in [-0.39, 0.29) is 6.61 Å². The summed E-state index contributed by atoms with van der Waals surface area (Å²) in [4.78, 5) is 3.11. The standard InChI is InChI=1S/C29H31N5O5/c1-34-18-22(17-31-34)28(38-25-13-9-23(35-2)10-14-25)29(39-26-15-11-24(36-3)12-16-26)27(32-33-30)20-37-19-21-7-5-4-6-8-21/h4-18,27-29H,19-20H2,1-3H3/t27?,28-,29+/m1/s1. The van der Waals surface area contributed by atoms with E-state index >= 15 is 0 Å². The van der Waals surface area contributed by atoms with Gasteiger partial charge in [-0.25, -0.2) is 0 Å². The number of azide groups is 1. The van der Waals surface area contributed by atoms with Gasteiger partial charge >= 0.3 is 0 Å². The van der Waals surface area contributed by atoms with E-state index in [9.17, 15) is 5.53 Å². The number of aryl methyl sites for hydroxylation is 1. The third-order valence-electron chi connectivity index (χ3n) is 5.99. The Morgan fingerprint density at radius 3 is 1.97 bits per heavy atom. The van der Waals surface area contributed by atoms with Gasteiger partial charge in [0.15, 0.2) is 12.2 Å². The second-order valence-corrected chi connectivity index (χ2v) is 8.69. The highest BCUT2D eigenvalue weighted by molar-refractivity contribution is 5.33. The largest absolute Gasteiger partial charge is 0.497 e. The van der Waals surface area contributed by atoms with Crippen LogP contribution < -0.4 is 18.9 Å². The maximum absolute atomic E-state index is 9.50. The highest BCUT2D eigenvalue weighted by Gasteiger charge is 2.35. The smallest absolute Gasteiger partial charge is 0.164 e. The quantitative estimate of drug-likeness (QED) is 0.114. The van der Waals surface area contributed by atoms with Crippen molar-refractivity contribution in [2.24, 2.45) is 12.2 Å². The summed E-state index contributed by atoms with van der Waals surface area (Å²) in [5.41, 5.74) is 11.2. The molecule has 39 heavy (non-hydrogen) atoms. The summed E-state index contributed by atoms with van der Waals surface area (Å²) < 4.78 is 31.2. The Kier molecular flexibility index (Phi) is 9.66. The number of methoxy groups -OCH3 is 2. The molecule has 0 aliphatic heterocycles. The van der Waals surface area contributed by atoms with E-state index < -0.39 is 18.2 Å². The first-order chi connectivity index (χ1) is 19.1. The van der Waals surface area contributed by atoms with E-state index in [0.29, 0.717) is 29.6 Å². The van der Waals surface area contributed by atoms with Crippen LogP contribution in [0.1, 0.15) is 17.2 Å². The molecule has 10 heteroatoms. The van der Waals surface area contributed by atoms with Crippen LogP contribution >= 0.6 is 0 Å². The Morgan fingerprint density at radius 2 is 1.44 bits per heavy atom. The van der Waals surface area contributed by atoms with Crippen LogP contribution in [-0.4, -0.2) is 42.8 Å². The van der Waals surface area contributed by atoms with E-state index in [1.165, 1.54) is 0 Å². The van der Waals surface area contributed by atoms with Gasteiger partial charge in [0.2, 0.25) is 0 Å². The van der Waals surface area contributed by atoms with Crippen LogP contribution in [0.25, 0.3) is 10.4 Å². The lowest BCUT2D eigenvalue weighted by Crippen LogP contribution is -2.41. The molecule has 4 aromatic rings. The van der Waals surface area contributed by atoms with Gasteiger partial charge in [0.1, 0.15) is 29.0 Å². The van der Waals surface area contributed by atoms with Crippen molar-refractivity contribution in [2.45, 2.75) is 24.9 Å². The minimum Gasteiger partial charge on any atom is -0.497 e. The molecule has 1 aromatic heterocycles. The fraction of sp³-hybridized carbons (Fsp3) is 0.276. The van der Waals surface area contributed by atoms with Gasteiger partial charge in [-0.2, -0.15) is 5.10 Å². The molecular formula is C29H31N5O5. The molecule has 3 atom stereocenters. The third kappa shape index (κ3) is 7.67. The van der Waals surface area contributed by atoms with Crippen LogP contribution in [0.2, 0.25) is 0 Å². The first kappa shape index (κ1) is 27.4. The number of aromatic nitrogens is 2. The average Bonchev–Trinajstić information content (AvgIpc) is 3.41. The van der Waals surface area contributed by atoms with Crippen molar-refractivity contribution in [3.8, 4) is 23.0 Å². The van der Waals surface area contributed by atoms with Crippen molar-refractivity contribution >= 4 is 0 Å². The summed E-state index contributed by atoms with van der Waals surface area (Å²) in [7, 11) is 5.02. The van der Waals surface area contributed by atoms with Crippen molar-refractivity contribution in [2.75, 3.05) is 20.8 Å². The fourth-order valence-electron chi connectivity index (χ4n) is 4.00. The average molecular weight is 530 g/mol. The summed E-state index contributed by atoms with van der Waals surface area (Å²) in [6.07, 6.45) is 2.06. The van der Waals surface area contributed by atoms with Crippen molar-refractivity contribution in [3.05, 3.63) is 113 Å². The van der Waals surface area contributed by atoms with Gasteiger partial charge < -0.3 is 23.7 Å². The van der Waals surface area contributed by atoms with E-state index in [1.54, 1.807) is 61.5 Å². The lowest BCUT2D eigenvalue weighted by molar-refractivity contribution is 0.00416. The molecule has 0 saturated carbocycles. The molecule has 0 amide bonds. The Morgan fingerprint density at radius 1 is 0.846 bits per heavy atom. The van der Waals surface area contributed by atoms with E-state index in [2.05, 4.69) is 15.1 Å². The van der Waals surface area contributed by atoms with Crippen molar-refractivity contribution in [3.63, 3.8) is 0 Å². The monoisotopic (exact) mass is 529 g/mol. The molecule has 4 rings (SSSR count). The zero-order valence-electron chi connectivity index (χ0n) is 22.1. The van der Waals surface area contributed by atoms with Gasteiger partial charge in [-0.15, -0.1) is 0 Å². The first-order valence-corrected chi connectivity index (χ1v) is 12.4. The number of benzene rings is 3. The van der Waals surface area contributed by atoms with Crippen LogP contribution in [0, 0.1) is 0 Å². The molecular weight excluding hydrogens is 498 g/mol. The minimum absolute atomic E-state index is 0.0997. The lowest BCUT2D eigenvalue weighted by Gasteiger charge is -2.32. The molecule has 202 valence electrons. The number of rotatable bonds is 14. The fourth-order valence-corrected chi connectivity index (χ4v) is 4.00. The summed E-state index contributed by atoms with van der Waals surface area (Å²) in [5, 5.41) is 8.42. The molecule has 0 radical (unpaired) electrons. The molecule has 10 nitrogen and oxygen atoms in total. The normalized spacial score (nSPS) is 13.0. The second kappa shape index (κ2) is 13.8. The molecule has 0 N–H and O–H groups in total. The van der Waals surface area contributed by atoms with Gasteiger partial charge in [-0.1, -0.05) is 35.4 Å². The van der Waals surface area contributed by atoms with Gasteiger partial charge in [-0.05, 0) is 59.6 Å². The molecule has 0 aliphatic carbocycles. The Balaban J connectivity index is 1.68. The van der Waals surface area contributed by atoms with Crippen LogP contribution in [0.3, 0.4) is 0 Å². The van der Waals surface area contributed by atoms with Crippen molar-refractivity contribution < 1.29 is 23.7 Å². The van der Waals surface area contributed by atoms with Gasteiger partial charge in [0.05, 0.1) is 33.6 Å². The molecule has 0 fully saturated rings. The van der Waals surface area contributed by atoms with Crippen molar-refractivity contribution in [1.82, 2.24) is 9.78 Å². The molecule has 0 saturated heterocycles. The maximum atomic E-state index is 9.50. The van der Waals surface area contributed by atoms with Crippen LogP contribution in [-0.2, 0) is 18.4 Å². The second-order valence-electron chi connectivity index (χ2n) is 8.69. The minimum atomic E-state index is -0.781. The van der Waals surface area contributed by atoms with Gasteiger partial charge in [-0.3, -0.25) is 4.68 Å². The van der Waals surface area contributed by atoms with E-state index in [4.69, 9.17) is 23.7 Å². The maximum Gasteiger partial charge on any atom is 0.164 e. The van der Waals surface area contributed by atoms with Gasteiger partial charge in [0.25, 0.3) is 0 Å². The number of ether oxygens (including phenoxy) is 5. The topological polar surface area (TPSA) is 113 Å². The Labute approximate surface area is 227 Å². The summed E-state index contributed by atoms with van der Waals surface area (Å²) >= 11 is 0. The van der Waals surface area contributed by atoms with Gasteiger partial charge in [0, 0.05) is 23.7 Å². The third-order valence-corrected chi connectivity index (χ3v) is 5.99. The molecule has 0 aliphatic rings. The zero-order valence-corrected chi connectivity index (χ0v) is 22.1. The zero-order chi connectivity index (χ0) is 27.5. The first-order valence-electron chi connectivity index (χ1n) is 12.4. The summed E-state index contributed by atoms with van der Waals surface area (Å²) in [6, 6.07) is 23.4. The Bertz CT molecular complexity index is 1340. The number of nitrogens with zero attached hydrogens (tertiary/aromatic N) is 5. The lowest BCUT2D eigenvalue weighted by atomic mass is 10.0. The van der Waals surface area contributed by atoms with E-state index in [1.807, 2.05) is 55.7 Å². The molecule has 0 bridgehead atoms.